The fourth-order valence-corrected chi connectivity index (χ4v) is 2.39. The van der Waals surface area contributed by atoms with E-state index < -0.39 is 0 Å². The molecule has 0 saturated carbocycles. The highest BCUT2D eigenvalue weighted by Gasteiger charge is 2.24. The Bertz CT molecular complexity index is 514. The molecular weight excluding hydrogens is 246 g/mol. The SMILES string of the molecule is Clc1nc(C2COc3ccccc3O2)cs1. The van der Waals surface area contributed by atoms with Crippen molar-refractivity contribution in [1.29, 1.82) is 0 Å². The summed E-state index contributed by atoms with van der Waals surface area (Å²) in [6, 6.07) is 7.61. The monoisotopic (exact) mass is 253 g/mol. The lowest BCUT2D eigenvalue weighted by atomic mass is 10.2. The summed E-state index contributed by atoms with van der Waals surface area (Å²) >= 11 is 7.19. The molecule has 3 nitrogen and oxygen atoms in total. The molecule has 2 aromatic rings. The van der Waals surface area contributed by atoms with Crippen LogP contribution in [0, 0.1) is 0 Å². The second-order valence-corrected chi connectivity index (χ2v) is 4.83. The summed E-state index contributed by atoms with van der Waals surface area (Å²) < 4.78 is 11.9. The number of nitrogens with zero attached hydrogens (tertiary/aromatic N) is 1. The van der Waals surface area contributed by atoms with Crippen LogP contribution in [0.4, 0.5) is 0 Å². The van der Waals surface area contributed by atoms with Crippen molar-refractivity contribution in [3.8, 4) is 11.5 Å². The van der Waals surface area contributed by atoms with E-state index in [1.807, 2.05) is 29.6 Å². The van der Waals surface area contributed by atoms with Gasteiger partial charge in [-0.25, -0.2) is 4.98 Å². The van der Waals surface area contributed by atoms with Crippen LogP contribution in [0.3, 0.4) is 0 Å². The van der Waals surface area contributed by atoms with E-state index in [9.17, 15) is 0 Å². The summed E-state index contributed by atoms with van der Waals surface area (Å²) in [5.74, 6) is 1.53. The maximum Gasteiger partial charge on any atom is 0.183 e. The van der Waals surface area contributed by atoms with Crippen LogP contribution < -0.4 is 9.47 Å². The largest absolute Gasteiger partial charge is 0.485 e. The molecule has 0 amide bonds. The van der Waals surface area contributed by atoms with Crippen molar-refractivity contribution in [3.05, 3.63) is 39.8 Å². The molecule has 1 unspecified atom stereocenters. The molecule has 3 rings (SSSR count). The number of para-hydroxylation sites is 2. The van der Waals surface area contributed by atoms with Gasteiger partial charge in [-0.2, -0.15) is 0 Å². The third-order valence-corrected chi connectivity index (χ3v) is 3.33. The lowest BCUT2D eigenvalue weighted by molar-refractivity contribution is 0.0887. The first-order valence-electron chi connectivity index (χ1n) is 4.82. The Morgan fingerprint density at radius 3 is 2.88 bits per heavy atom. The highest BCUT2D eigenvalue weighted by Crippen LogP contribution is 2.36. The quantitative estimate of drug-likeness (QED) is 0.781. The van der Waals surface area contributed by atoms with Gasteiger partial charge < -0.3 is 9.47 Å². The third kappa shape index (κ3) is 1.74. The zero-order valence-electron chi connectivity index (χ0n) is 8.22. The van der Waals surface area contributed by atoms with E-state index in [-0.39, 0.29) is 6.10 Å². The molecule has 1 aromatic carbocycles. The average Bonchev–Trinajstić information content (AvgIpc) is 2.75. The number of benzene rings is 1. The Morgan fingerprint density at radius 1 is 1.31 bits per heavy atom. The predicted octanol–water partition coefficient (Wildman–Crippen LogP) is 3.31. The molecule has 0 spiro atoms. The topological polar surface area (TPSA) is 31.4 Å². The minimum Gasteiger partial charge on any atom is -0.485 e. The molecule has 1 aliphatic rings. The minimum atomic E-state index is -0.168. The van der Waals surface area contributed by atoms with Crippen molar-refractivity contribution in [2.75, 3.05) is 6.61 Å². The summed E-state index contributed by atoms with van der Waals surface area (Å²) in [6.45, 7) is 0.469. The van der Waals surface area contributed by atoms with Crippen molar-refractivity contribution >= 4 is 22.9 Å². The van der Waals surface area contributed by atoms with Gasteiger partial charge in [-0.3, -0.25) is 0 Å². The molecule has 0 bridgehead atoms. The van der Waals surface area contributed by atoms with Crippen LogP contribution in [0.1, 0.15) is 11.8 Å². The molecule has 0 saturated heterocycles. The minimum absolute atomic E-state index is 0.168. The lowest BCUT2D eigenvalue weighted by Gasteiger charge is -2.25. The summed E-state index contributed by atoms with van der Waals surface area (Å²) in [5.41, 5.74) is 0.824. The van der Waals surface area contributed by atoms with Gasteiger partial charge in [0.1, 0.15) is 6.61 Å². The highest BCUT2D eigenvalue weighted by molar-refractivity contribution is 7.13. The molecular formula is C11H8ClNO2S. The Labute approximate surface area is 102 Å². The van der Waals surface area contributed by atoms with E-state index in [0.717, 1.165) is 17.2 Å². The molecule has 0 aliphatic carbocycles. The summed E-state index contributed by atoms with van der Waals surface area (Å²) in [7, 11) is 0. The van der Waals surface area contributed by atoms with E-state index in [1.165, 1.54) is 11.3 Å². The molecule has 1 atom stereocenters. The van der Waals surface area contributed by atoms with Crippen molar-refractivity contribution in [2.24, 2.45) is 0 Å². The second kappa shape index (κ2) is 3.96. The van der Waals surface area contributed by atoms with Crippen LogP contribution in [0.5, 0.6) is 11.5 Å². The van der Waals surface area contributed by atoms with Crippen LogP contribution in [0.25, 0.3) is 0 Å². The highest BCUT2D eigenvalue weighted by atomic mass is 35.5. The molecule has 0 radical (unpaired) electrons. The first-order valence-corrected chi connectivity index (χ1v) is 6.08. The smallest absolute Gasteiger partial charge is 0.183 e. The van der Waals surface area contributed by atoms with Gasteiger partial charge in [-0.15, -0.1) is 11.3 Å². The van der Waals surface area contributed by atoms with Gasteiger partial charge in [0.15, 0.2) is 22.1 Å². The van der Waals surface area contributed by atoms with Gasteiger partial charge in [0.05, 0.1) is 5.69 Å². The van der Waals surface area contributed by atoms with E-state index in [0.29, 0.717) is 11.1 Å². The van der Waals surface area contributed by atoms with E-state index >= 15 is 0 Å². The number of thiazole rings is 1. The standard InChI is InChI=1S/C11H8ClNO2S/c12-11-13-7(6-16-11)10-5-14-8-3-1-2-4-9(8)15-10/h1-4,6,10H,5H2. The normalized spacial score (nSPS) is 18.4. The number of rotatable bonds is 1. The number of aromatic nitrogens is 1. The zero-order chi connectivity index (χ0) is 11.0. The summed E-state index contributed by atoms with van der Waals surface area (Å²) in [5, 5.41) is 1.89. The Kier molecular flexibility index (Phi) is 2.46. The molecule has 0 fully saturated rings. The van der Waals surface area contributed by atoms with E-state index in [4.69, 9.17) is 21.1 Å². The lowest BCUT2D eigenvalue weighted by Crippen LogP contribution is -2.21. The van der Waals surface area contributed by atoms with Gasteiger partial charge in [0, 0.05) is 5.38 Å². The molecule has 1 aromatic heterocycles. The number of hydrogen-bond donors (Lipinski definition) is 0. The van der Waals surface area contributed by atoms with Crippen molar-refractivity contribution in [1.82, 2.24) is 4.98 Å². The van der Waals surface area contributed by atoms with Gasteiger partial charge in [0.2, 0.25) is 0 Å². The molecule has 1 aliphatic heterocycles. The number of hydrogen-bond acceptors (Lipinski definition) is 4. The second-order valence-electron chi connectivity index (χ2n) is 3.39. The van der Waals surface area contributed by atoms with E-state index in [2.05, 4.69) is 4.98 Å². The van der Waals surface area contributed by atoms with Crippen molar-refractivity contribution in [3.63, 3.8) is 0 Å². The molecule has 0 N–H and O–H groups in total. The Balaban J connectivity index is 1.88. The summed E-state index contributed by atoms with van der Waals surface area (Å²) in [6.07, 6.45) is -0.168. The van der Waals surface area contributed by atoms with Gasteiger partial charge in [-0.05, 0) is 12.1 Å². The maximum atomic E-state index is 5.79. The Morgan fingerprint density at radius 2 is 2.12 bits per heavy atom. The van der Waals surface area contributed by atoms with Crippen LogP contribution in [-0.2, 0) is 0 Å². The van der Waals surface area contributed by atoms with E-state index in [1.54, 1.807) is 0 Å². The molecule has 5 heteroatoms. The molecule has 82 valence electrons. The van der Waals surface area contributed by atoms with Crippen LogP contribution in [0.2, 0.25) is 4.47 Å². The number of halogens is 1. The van der Waals surface area contributed by atoms with Crippen molar-refractivity contribution in [2.45, 2.75) is 6.10 Å². The number of fused-ring (bicyclic) bond motifs is 1. The fourth-order valence-electron chi connectivity index (χ4n) is 1.58. The van der Waals surface area contributed by atoms with Crippen molar-refractivity contribution < 1.29 is 9.47 Å². The van der Waals surface area contributed by atoms with Crippen LogP contribution >= 0.6 is 22.9 Å². The van der Waals surface area contributed by atoms with Crippen LogP contribution in [0.15, 0.2) is 29.6 Å². The third-order valence-electron chi connectivity index (χ3n) is 2.33. The first kappa shape index (κ1) is 9.93. The van der Waals surface area contributed by atoms with Gasteiger partial charge in [-0.1, -0.05) is 23.7 Å². The number of ether oxygens (including phenoxy) is 2. The Hall–Kier alpha value is -1.26. The first-order chi connectivity index (χ1) is 7.83. The van der Waals surface area contributed by atoms with Gasteiger partial charge >= 0.3 is 0 Å². The molecule has 16 heavy (non-hydrogen) atoms. The predicted molar refractivity (Wildman–Crippen MR) is 62.4 cm³/mol. The molecule has 2 heterocycles. The fraction of sp³-hybridized carbons (Fsp3) is 0.182. The zero-order valence-corrected chi connectivity index (χ0v) is 9.79. The maximum absolute atomic E-state index is 5.79. The van der Waals surface area contributed by atoms with Crippen LogP contribution in [-0.4, -0.2) is 11.6 Å². The van der Waals surface area contributed by atoms with Gasteiger partial charge in [0.25, 0.3) is 0 Å². The summed E-state index contributed by atoms with van der Waals surface area (Å²) in [4.78, 5) is 4.19. The average molecular weight is 254 g/mol.